The largest absolute Gasteiger partial charge is 0.422 e. The number of hydrogen-bond donors (Lipinski definition) is 3. The van der Waals surface area contributed by atoms with Crippen LogP contribution in [0.2, 0.25) is 0 Å². The SMILES string of the molecule is CNC(=O)[C@H](C)NC(=O)[C@H](O)c1ccc(-c2noc(-c3onc(-c4ccccc4)c3C(F)(F)F)n2)cc1. The van der Waals surface area contributed by atoms with Gasteiger partial charge in [0.25, 0.3) is 11.8 Å². The highest BCUT2D eigenvalue weighted by Gasteiger charge is 2.43. The number of alkyl halides is 3. The number of hydrogen-bond acceptors (Lipinski definition) is 8. The minimum absolute atomic E-state index is 0.0560. The van der Waals surface area contributed by atoms with E-state index in [2.05, 4.69) is 25.9 Å². The van der Waals surface area contributed by atoms with E-state index in [1.54, 1.807) is 18.2 Å². The first-order valence-electron chi connectivity index (χ1n) is 10.9. The van der Waals surface area contributed by atoms with Gasteiger partial charge in [0.05, 0.1) is 0 Å². The lowest BCUT2D eigenvalue weighted by Gasteiger charge is -2.16. The predicted octanol–water partition coefficient (Wildman–Crippen LogP) is 3.36. The van der Waals surface area contributed by atoms with Gasteiger partial charge in [0.2, 0.25) is 17.5 Å². The van der Waals surface area contributed by atoms with Crippen molar-refractivity contribution in [2.24, 2.45) is 0 Å². The van der Waals surface area contributed by atoms with Gasteiger partial charge in [0.15, 0.2) is 6.10 Å². The van der Waals surface area contributed by atoms with Crippen LogP contribution in [-0.4, -0.2) is 45.3 Å². The summed E-state index contributed by atoms with van der Waals surface area (Å²) in [4.78, 5) is 27.8. The highest BCUT2D eigenvalue weighted by atomic mass is 19.4. The molecule has 0 saturated heterocycles. The zero-order chi connectivity index (χ0) is 26.7. The molecule has 192 valence electrons. The van der Waals surface area contributed by atoms with Crippen LogP contribution in [0.4, 0.5) is 13.2 Å². The van der Waals surface area contributed by atoms with Gasteiger partial charge in [0.1, 0.15) is 17.3 Å². The number of carbonyl (C=O) groups excluding carboxylic acids is 2. The summed E-state index contributed by atoms with van der Waals surface area (Å²) in [6.45, 7) is 1.46. The van der Waals surface area contributed by atoms with Gasteiger partial charge in [0, 0.05) is 18.2 Å². The average Bonchev–Trinajstić information content (AvgIpc) is 3.56. The molecule has 2 atom stereocenters. The van der Waals surface area contributed by atoms with Crippen LogP contribution >= 0.6 is 0 Å². The number of halogens is 3. The zero-order valence-corrected chi connectivity index (χ0v) is 19.4. The second-order valence-electron chi connectivity index (χ2n) is 7.89. The number of benzene rings is 2. The summed E-state index contributed by atoms with van der Waals surface area (Å²) >= 11 is 0. The highest BCUT2D eigenvalue weighted by molar-refractivity contribution is 5.89. The smallest absolute Gasteiger partial charge is 0.378 e. The molecule has 0 spiro atoms. The molecule has 4 aromatic rings. The van der Waals surface area contributed by atoms with Gasteiger partial charge >= 0.3 is 6.18 Å². The van der Waals surface area contributed by atoms with Gasteiger partial charge in [-0.3, -0.25) is 9.59 Å². The van der Waals surface area contributed by atoms with Crippen LogP contribution < -0.4 is 10.6 Å². The number of amides is 2. The molecule has 2 heterocycles. The van der Waals surface area contributed by atoms with Crippen molar-refractivity contribution in [3.63, 3.8) is 0 Å². The molecule has 0 radical (unpaired) electrons. The van der Waals surface area contributed by atoms with Crippen LogP contribution in [0.5, 0.6) is 0 Å². The lowest BCUT2D eigenvalue weighted by Crippen LogP contribution is -2.45. The molecule has 2 amide bonds. The molecule has 3 N–H and O–H groups in total. The van der Waals surface area contributed by atoms with Gasteiger partial charge in [-0.2, -0.15) is 18.2 Å². The Bertz CT molecular complexity index is 1400. The number of aromatic nitrogens is 3. The van der Waals surface area contributed by atoms with E-state index < -0.39 is 53.0 Å². The summed E-state index contributed by atoms with van der Waals surface area (Å²) in [5.41, 5.74) is -0.820. The van der Waals surface area contributed by atoms with Gasteiger partial charge in [-0.25, -0.2) is 0 Å². The van der Waals surface area contributed by atoms with Gasteiger partial charge in [-0.15, -0.1) is 0 Å². The van der Waals surface area contributed by atoms with E-state index in [1.807, 2.05) is 0 Å². The number of nitrogens with one attached hydrogen (secondary N) is 2. The molecule has 0 aliphatic carbocycles. The quantitative estimate of drug-likeness (QED) is 0.340. The molecule has 4 rings (SSSR count). The number of aliphatic hydroxyl groups excluding tert-OH is 1. The molecule has 0 aliphatic heterocycles. The molecular weight excluding hydrogens is 495 g/mol. The minimum atomic E-state index is -4.82. The first-order valence-corrected chi connectivity index (χ1v) is 10.9. The molecule has 0 bridgehead atoms. The Morgan fingerprint density at radius 1 is 0.946 bits per heavy atom. The lowest BCUT2D eigenvalue weighted by atomic mass is 10.1. The van der Waals surface area contributed by atoms with Crippen molar-refractivity contribution in [3.8, 4) is 34.3 Å². The van der Waals surface area contributed by atoms with Crippen molar-refractivity contribution in [1.29, 1.82) is 0 Å². The Balaban J connectivity index is 1.57. The van der Waals surface area contributed by atoms with Crippen molar-refractivity contribution in [3.05, 3.63) is 65.7 Å². The molecule has 2 aromatic carbocycles. The first kappa shape index (κ1) is 25.6. The second-order valence-corrected chi connectivity index (χ2v) is 7.89. The maximum Gasteiger partial charge on any atom is 0.422 e. The molecule has 37 heavy (non-hydrogen) atoms. The first-order chi connectivity index (χ1) is 17.6. The summed E-state index contributed by atoms with van der Waals surface area (Å²) in [5, 5.41) is 22.3. The Hall–Kier alpha value is -4.52. The third kappa shape index (κ3) is 5.35. The molecule has 0 fully saturated rings. The van der Waals surface area contributed by atoms with Crippen LogP contribution in [0.1, 0.15) is 24.2 Å². The summed E-state index contributed by atoms with van der Waals surface area (Å²) in [6, 6.07) is 12.6. The minimum Gasteiger partial charge on any atom is -0.378 e. The van der Waals surface area contributed by atoms with Crippen LogP contribution in [0, 0.1) is 0 Å². The fraction of sp³-hybridized carbons (Fsp3) is 0.208. The van der Waals surface area contributed by atoms with Crippen LogP contribution in [0.15, 0.2) is 63.6 Å². The normalized spacial score (nSPS) is 13.1. The number of nitrogens with zero attached hydrogens (tertiary/aromatic N) is 3. The van der Waals surface area contributed by atoms with Crippen LogP contribution in [0.25, 0.3) is 34.3 Å². The Kier molecular flexibility index (Phi) is 7.07. The van der Waals surface area contributed by atoms with E-state index >= 15 is 0 Å². The molecule has 0 aliphatic rings. The molecule has 10 nitrogen and oxygen atoms in total. The predicted molar refractivity (Wildman–Crippen MR) is 122 cm³/mol. The van der Waals surface area contributed by atoms with Gasteiger partial charge < -0.3 is 24.8 Å². The molecule has 0 saturated carbocycles. The fourth-order valence-corrected chi connectivity index (χ4v) is 3.47. The summed E-state index contributed by atoms with van der Waals surface area (Å²) in [7, 11) is 1.41. The Morgan fingerprint density at radius 3 is 2.24 bits per heavy atom. The molecular formula is C24H20F3N5O5. The number of carbonyl (C=O) groups is 2. The standard InChI is InChI=1S/C24H20F3N5O5/c1-12(21(34)28-2)29-22(35)18(33)14-8-10-15(11-9-14)20-30-23(37-32-20)19-16(24(25,26)27)17(31-36-19)13-6-4-3-5-7-13/h3-12,18,33H,1-2H3,(H,28,34)(H,29,35)/t12-,18+/m0/s1. The number of likely N-dealkylation sites (N-methyl/N-ethyl adjacent to an activating group) is 1. The fourth-order valence-electron chi connectivity index (χ4n) is 3.47. The average molecular weight is 515 g/mol. The zero-order valence-electron chi connectivity index (χ0n) is 19.4. The van der Waals surface area contributed by atoms with Crippen molar-refractivity contribution >= 4 is 11.8 Å². The van der Waals surface area contributed by atoms with Gasteiger partial charge in [-0.05, 0) is 12.5 Å². The van der Waals surface area contributed by atoms with Crippen LogP contribution in [0.3, 0.4) is 0 Å². The topological polar surface area (TPSA) is 143 Å². The Labute approximate surface area is 207 Å². The highest BCUT2D eigenvalue weighted by Crippen LogP contribution is 2.43. The summed E-state index contributed by atoms with van der Waals surface area (Å²) in [5.74, 6) is -2.52. The summed E-state index contributed by atoms with van der Waals surface area (Å²) in [6.07, 6.45) is -6.38. The van der Waals surface area contributed by atoms with Crippen LogP contribution in [-0.2, 0) is 15.8 Å². The molecule has 2 aromatic heterocycles. The van der Waals surface area contributed by atoms with Crippen molar-refractivity contribution in [2.75, 3.05) is 7.05 Å². The van der Waals surface area contributed by atoms with Crippen molar-refractivity contribution < 1.29 is 36.9 Å². The molecule has 0 unspecified atom stereocenters. The number of rotatable bonds is 7. The van der Waals surface area contributed by atoms with Gasteiger partial charge in [-0.1, -0.05) is 64.9 Å². The van der Waals surface area contributed by atoms with E-state index in [9.17, 15) is 27.9 Å². The van der Waals surface area contributed by atoms with Crippen molar-refractivity contribution in [2.45, 2.75) is 25.2 Å². The van der Waals surface area contributed by atoms with E-state index in [0.29, 0.717) is 5.56 Å². The third-order valence-corrected chi connectivity index (χ3v) is 5.37. The summed E-state index contributed by atoms with van der Waals surface area (Å²) < 4.78 is 51.7. The second kappa shape index (κ2) is 10.2. The molecule has 13 heteroatoms. The maximum atomic E-state index is 13.9. The number of aliphatic hydroxyl groups is 1. The van der Waals surface area contributed by atoms with E-state index in [0.717, 1.165) is 0 Å². The Morgan fingerprint density at radius 2 is 1.62 bits per heavy atom. The van der Waals surface area contributed by atoms with E-state index in [4.69, 9.17) is 9.05 Å². The van der Waals surface area contributed by atoms with E-state index in [-0.39, 0.29) is 17.0 Å². The maximum absolute atomic E-state index is 13.9. The lowest BCUT2D eigenvalue weighted by molar-refractivity contribution is -0.137. The monoisotopic (exact) mass is 515 g/mol. The third-order valence-electron chi connectivity index (χ3n) is 5.37. The van der Waals surface area contributed by atoms with E-state index in [1.165, 1.54) is 50.4 Å². The van der Waals surface area contributed by atoms with Crippen molar-refractivity contribution in [1.82, 2.24) is 25.9 Å².